The van der Waals surface area contributed by atoms with Crippen LogP contribution >= 0.6 is 25.8 Å². The number of rotatable bonds is 10. The minimum atomic E-state index is -4.20. The molecule has 44 heavy (non-hydrogen) atoms. The van der Waals surface area contributed by atoms with Gasteiger partial charge in [-0.15, -0.1) is 0 Å². The highest BCUT2D eigenvalue weighted by atomic mass is 32.7. The molecule has 238 valence electrons. The van der Waals surface area contributed by atoms with Crippen molar-refractivity contribution >= 4 is 71.8 Å². The molecule has 2 aliphatic heterocycles. The van der Waals surface area contributed by atoms with Crippen LogP contribution in [0.2, 0.25) is 0 Å². The van der Waals surface area contributed by atoms with Crippen LogP contribution in [0.15, 0.2) is 22.2 Å². The maximum absolute atomic E-state index is 12.2. The Kier molecular flexibility index (Phi) is 8.43. The van der Waals surface area contributed by atoms with E-state index in [1.54, 1.807) is 4.57 Å². The van der Waals surface area contributed by atoms with Crippen molar-refractivity contribution in [3.05, 3.63) is 33.4 Å². The normalized spacial score (nSPS) is 26.8. The highest BCUT2D eigenvalue weighted by molar-refractivity contribution is 8.44. The van der Waals surface area contributed by atoms with Crippen molar-refractivity contribution in [2.24, 2.45) is 0 Å². The molecule has 0 spiro atoms. The average Bonchev–Trinajstić information content (AvgIpc) is 3.71. The lowest BCUT2D eigenvalue weighted by molar-refractivity contribution is -0.0408. The van der Waals surface area contributed by atoms with Crippen molar-refractivity contribution in [3.63, 3.8) is 0 Å². The number of ether oxygens (including phenoxy) is 2. The van der Waals surface area contributed by atoms with Gasteiger partial charge in [0.2, 0.25) is 11.9 Å². The summed E-state index contributed by atoms with van der Waals surface area (Å²) >= 11 is 8.78. The number of hydrogen-bond donors (Lipinski definition) is 7. The van der Waals surface area contributed by atoms with Crippen molar-refractivity contribution in [2.45, 2.75) is 50.0 Å². The number of hydrogen-bond acceptors (Lipinski definition) is 15. The number of aromatic amines is 2. The van der Waals surface area contributed by atoms with Crippen LogP contribution in [0, 0.1) is 0 Å². The van der Waals surface area contributed by atoms with Gasteiger partial charge in [-0.1, -0.05) is 12.2 Å². The summed E-state index contributed by atoms with van der Waals surface area (Å²) in [7, 11) is 0. The zero-order valence-corrected chi connectivity index (χ0v) is 25.8. The predicted octanol–water partition coefficient (Wildman–Crippen LogP) is 0.0477. The third-order valence-electron chi connectivity index (χ3n) is 6.89. The first-order chi connectivity index (χ1) is 20.8. The number of nitrogens with two attached hydrogens (primary N) is 2. The van der Waals surface area contributed by atoms with Crippen LogP contribution < -0.4 is 22.6 Å². The molecule has 7 atom stereocenters. The summed E-state index contributed by atoms with van der Waals surface area (Å²) in [5.74, 6) is -0.203. The Labute approximate surface area is 256 Å². The molecule has 0 amide bonds. The van der Waals surface area contributed by atoms with Crippen LogP contribution in [0.4, 0.5) is 11.9 Å². The molecule has 0 saturated carbocycles. The van der Waals surface area contributed by atoms with Crippen molar-refractivity contribution in [2.75, 3.05) is 24.7 Å². The van der Waals surface area contributed by atoms with Gasteiger partial charge in [0.25, 0.3) is 11.1 Å². The lowest BCUT2D eigenvalue weighted by atomic mass is 10.2. The van der Waals surface area contributed by atoms with Crippen LogP contribution in [0.5, 0.6) is 0 Å². The Morgan fingerprint density at radius 1 is 0.977 bits per heavy atom. The largest absolute Gasteiger partial charge is 0.383 e. The van der Waals surface area contributed by atoms with Crippen molar-refractivity contribution in [1.82, 2.24) is 39.0 Å². The summed E-state index contributed by atoms with van der Waals surface area (Å²) in [6, 6.07) is 0. The third kappa shape index (κ3) is 6.60. The molecule has 20 nitrogen and oxygen atoms in total. The molecule has 0 bridgehead atoms. The van der Waals surface area contributed by atoms with Gasteiger partial charge in [0.05, 0.1) is 38.1 Å². The molecule has 8 N–H and O–H groups in total. The highest BCUT2D eigenvalue weighted by Crippen LogP contribution is 2.51. The van der Waals surface area contributed by atoms with Gasteiger partial charge in [-0.3, -0.25) is 33.2 Å². The maximum atomic E-state index is 12.2. The van der Waals surface area contributed by atoms with Crippen molar-refractivity contribution < 1.29 is 37.4 Å². The number of thiol groups is 1. The highest BCUT2D eigenvalue weighted by Gasteiger charge is 2.42. The Hall–Kier alpha value is -2.75. The smallest absolute Gasteiger partial charge is 0.369 e. The minimum absolute atomic E-state index is 0.00963. The number of nitrogen functional groups attached to an aromatic ring is 2. The Morgan fingerprint density at radius 3 is 2.16 bits per heavy atom. The lowest BCUT2D eigenvalue weighted by Gasteiger charge is -2.24. The molecule has 2 fully saturated rings. The average molecular weight is 693 g/mol. The molecule has 3 unspecified atom stereocenters. The van der Waals surface area contributed by atoms with Gasteiger partial charge in [-0.05, 0) is 24.6 Å². The minimum Gasteiger partial charge on any atom is -0.369 e. The molecule has 24 heteroatoms. The van der Waals surface area contributed by atoms with Crippen LogP contribution in [0.25, 0.3) is 22.3 Å². The molecule has 4 aromatic heterocycles. The number of imidazole rings is 2. The standard InChI is InChI=1S/C20H26N10O10P2S2/c21-19-25-15-13(17(31)27-19)23-6-29(15)11-2-1-8(38-11)4-37-42(35,44)40-9-3-12(39-10(9)5-36-41(33,34)43)30-7-24-14-16(30)26-20(22)28-18(14)32/h6-12H,1-5H2,(H,35,44)(H2,33,34,43)(H3,21,25,27,31)(H3,22,26,28,32)/t8-,9+,10+,11+,12?,42?/m0/s1. The summed E-state index contributed by atoms with van der Waals surface area (Å²) < 4.78 is 43.0. The van der Waals surface area contributed by atoms with E-state index in [1.165, 1.54) is 17.2 Å². The SMILES string of the molecule is Nc1nc2c(ncn2C2C[C@@H](OP(O)(=S)OC[C@@H]3CC[C@H](n4cnc5c(=O)[nH]c(N)nc54)O3)[C@@H](COP(=O)(O)S)O2)c(=O)[nH]1. The van der Waals surface area contributed by atoms with Crippen molar-refractivity contribution in [3.8, 4) is 0 Å². The number of H-pyrrole nitrogens is 2. The van der Waals surface area contributed by atoms with Crippen LogP contribution in [0.1, 0.15) is 31.7 Å². The second kappa shape index (κ2) is 11.9. The van der Waals surface area contributed by atoms with E-state index in [9.17, 15) is 23.9 Å². The molecule has 4 aromatic rings. The molecule has 6 heterocycles. The van der Waals surface area contributed by atoms with Crippen molar-refractivity contribution in [1.29, 1.82) is 0 Å². The monoisotopic (exact) mass is 692 g/mol. The zero-order valence-electron chi connectivity index (χ0n) is 22.3. The van der Waals surface area contributed by atoms with Gasteiger partial charge in [0.1, 0.15) is 18.6 Å². The first-order valence-corrected chi connectivity index (χ1v) is 18.2. The fourth-order valence-electron chi connectivity index (χ4n) is 5.00. The molecular weight excluding hydrogens is 666 g/mol. The zero-order chi connectivity index (χ0) is 31.4. The summed E-state index contributed by atoms with van der Waals surface area (Å²) in [4.78, 5) is 65.9. The van der Waals surface area contributed by atoms with E-state index in [-0.39, 0.29) is 47.3 Å². The maximum Gasteiger partial charge on any atom is 0.383 e. The van der Waals surface area contributed by atoms with E-state index < -0.39 is 62.0 Å². The van der Waals surface area contributed by atoms with E-state index in [1.807, 2.05) is 0 Å². The molecule has 2 aliphatic rings. The van der Waals surface area contributed by atoms with E-state index in [4.69, 9.17) is 46.3 Å². The van der Waals surface area contributed by atoms with E-state index in [0.717, 1.165) is 0 Å². The molecule has 6 rings (SSSR count). The van der Waals surface area contributed by atoms with Crippen LogP contribution in [-0.4, -0.2) is 80.4 Å². The van der Waals surface area contributed by atoms with Gasteiger partial charge in [0, 0.05) is 6.42 Å². The van der Waals surface area contributed by atoms with Gasteiger partial charge in [-0.25, -0.2) is 14.5 Å². The second-order valence-electron chi connectivity index (χ2n) is 9.90. The van der Waals surface area contributed by atoms with Gasteiger partial charge in [0.15, 0.2) is 22.3 Å². The number of nitrogens with one attached hydrogen (secondary N) is 2. The lowest BCUT2D eigenvalue weighted by Crippen LogP contribution is -2.28. The van der Waals surface area contributed by atoms with Gasteiger partial charge < -0.3 is 39.8 Å². The Morgan fingerprint density at radius 2 is 1.57 bits per heavy atom. The second-order valence-corrected chi connectivity index (χ2v) is 15.4. The number of anilines is 2. The first-order valence-electron chi connectivity index (χ1n) is 12.9. The Bertz CT molecular complexity index is 1930. The number of fused-ring (bicyclic) bond motifs is 2. The topological polar surface area (TPSA) is 283 Å². The molecule has 0 aromatic carbocycles. The fraction of sp³-hybridized carbons (Fsp3) is 0.500. The van der Waals surface area contributed by atoms with Crippen LogP contribution in [0.3, 0.4) is 0 Å². The summed E-state index contributed by atoms with van der Waals surface area (Å²) in [6.45, 7) is -8.73. The summed E-state index contributed by atoms with van der Waals surface area (Å²) in [5.41, 5.74) is 10.8. The van der Waals surface area contributed by atoms with E-state index in [0.29, 0.717) is 12.8 Å². The first kappa shape index (κ1) is 31.2. The van der Waals surface area contributed by atoms with E-state index in [2.05, 4.69) is 42.2 Å². The van der Waals surface area contributed by atoms with Gasteiger partial charge in [-0.2, -0.15) is 9.97 Å². The quantitative estimate of drug-likeness (QED) is 0.0853. The molecule has 0 radical (unpaired) electrons. The molecule has 0 aliphatic carbocycles. The number of aromatic nitrogens is 8. The Balaban J connectivity index is 1.13. The third-order valence-corrected chi connectivity index (χ3v) is 9.31. The van der Waals surface area contributed by atoms with Gasteiger partial charge >= 0.3 is 13.5 Å². The van der Waals surface area contributed by atoms with E-state index >= 15 is 0 Å². The summed E-state index contributed by atoms with van der Waals surface area (Å²) in [5, 5.41) is 0. The number of nitrogens with zero attached hydrogens (tertiary/aromatic N) is 6. The molecule has 2 saturated heterocycles. The fourth-order valence-corrected chi connectivity index (χ4v) is 7.04. The van der Waals surface area contributed by atoms with Crippen LogP contribution in [-0.2, 0) is 39.4 Å². The molecular formula is C20H26N10O10P2S2. The summed E-state index contributed by atoms with van der Waals surface area (Å²) in [6.07, 6.45) is -0.0927. The predicted molar refractivity (Wildman–Crippen MR) is 159 cm³/mol.